The lowest BCUT2D eigenvalue weighted by molar-refractivity contribution is 0.204. The second-order valence-electron chi connectivity index (χ2n) is 3.82. The predicted octanol–water partition coefficient (Wildman–Crippen LogP) is 1.61. The van der Waals surface area contributed by atoms with Gasteiger partial charge in [-0.1, -0.05) is 30.3 Å². The molecular formula is C13H18N2O2. The van der Waals surface area contributed by atoms with Crippen LogP contribution in [0.15, 0.2) is 40.3 Å². The average Bonchev–Trinajstić information content (AvgIpc) is 2.25. The van der Waals surface area contributed by atoms with E-state index >= 15 is 0 Å². The molecule has 0 saturated heterocycles. The zero-order valence-electron chi connectivity index (χ0n) is 10.3. The maximum absolute atomic E-state index is 9.36. The summed E-state index contributed by atoms with van der Waals surface area (Å²) in [5.41, 5.74) is 2.07. The van der Waals surface area contributed by atoms with Gasteiger partial charge in [-0.25, -0.2) is 0 Å². The Bertz CT molecular complexity index is 409. The van der Waals surface area contributed by atoms with E-state index in [2.05, 4.69) is 9.98 Å². The van der Waals surface area contributed by atoms with Gasteiger partial charge in [0.15, 0.2) is 0 Å². The predicted molar refractivity (Wildman–Crippen MR) is 69.4 cm³/mol. The number of benzene rings is 1. The molecule has 92 valence electrons. The standard InChI is InChI=1S/C13H18N2O2/c1-9(14-10(2)16)13(15-11(3)17)12-7-5-4-6-8-12/h4-8,10-11,16-17H,1-3H3/b14-9+,15-13+. The van der Waals surface area contributed by atoms with E-state index in [4.69, 9.17) is 0 Å². The molecule has 2 atom stereocenters. The van der Waals surface area contributed by atoms with Crippen molar-refractivity contribution < 1.29 is 10.2 Å². The van der Waals surface area contributed by atoms with Gasteiger partial charge in [-0.15, -0.1) is 0 Å². The van der Waals surface area contributed by atoms with Crippen molar-refractivity contribution in [3.8, 4) is 0 Å². The number of aliphatic hydroxyl groups excluding tert-OH is 2. The lowest BCUT2D eigenvalue weighted by Crippen LogP contribution is -2.17. The SMILES string of the molecule is CC(=N\C(C)O)/C(=N\C(C)O)c1ccccc1. The van der Waals surface area contributed by atoms with E-state index < -0.39 is 12.5 Å². The van der Waals surface area contributed by atoms with Crippen LogP contribution in [0.4, 0.5) is 0 Å². The van der Waals surface area contributed by atoms with E-state index in [1.54, 1.807) is 20.8 Å². The van der Waals surface area contributed by atoms with E-state index in [-0.39, 0.29) is 0 Å². The minimum Gasteiger partial charge on any atom is -0.372 e. The van der Waals surface area contributed by atoms with Crippen molar-refractivity contribution in [2.45, 2.75) is 33.2 Å². The van der Waals surface area contributed by atoms with Crippen LogP contribution >= 0.6 is 0 Å². The lowest BCUT2D eigenvalue weighted by Gasteiger charge is -2.09. The van der Waals surface area contributed by atoms with Crippen LogP contribution in [0.3, 0.4) is 0 Å². The molecule has 2 N–H and O–H groups in total. The molecule has 0 saturated carbocycles. The first kappa shape index (κ1) is 13.5. The largest absolute Gasteiger partial charge is 0.372 e. The molecule has 0 heterocycles. The quantitative estimate of drug-likeness (QED) is 0.777. The molecular weight excluding hydrogens is 216 g/mol. The van der Waals surface area contributed by atoms with Crippen LogP contribution in [-0.4, -0.2) is 34.1 Å². The highest BCUT2D eigenvalue weighted by Gasteiger charge is 2.09. The molecule has 17 heavy (non-hydrogen) atoms. The van der Waals surface area contributed by atoms with Crippen molar-refractivity contribution in [3.63, 3.8) is 0 Å². The van der Waals surface area contributed by atoms with Crippen LogP contribution in [0.5, 0.6) is 0 Å². The summed E-state index contributed by atoms with van der Waals surface area (Å²) in [6, 6.07) is 9.47. The van der Waals surface area contributed by atoms with Gasteiger partial charge in [0.2, 0.25) is 0 Å². The molecule has 4 heteroatoms. The van der Waals surface area contributed by atoms with Gasteiger partial charge in [-0.05, 0) is 20.8 Å². The van der Waals surface area contributed by atoms with Crippen LogP contribution in [-0.2, 0) is 0 Å². The fourth-order valence-electron chi connectivity index (χ4n) is 1.50. The highest BCUT2D eigenvalue weighted by atomic mass is 16.3. The molecule has 0 spiro atoms. The Morgan fingerprint density at radius 2 is 1.53 bits per heavy atom. The first-order valence-electron chi connectivity index (χ1n) is 5.55. The molecule has 0 aliphatic carbocycles. The summed E-state index contributed by atoms with van der Waals surface area (Å²) >= 11 is 0. The Morgan fingerprint density at radius 3 is 2.00 bits per heavy atom. The molecule has 0 bridgehead atoms. The summed E-state index contributed by atoms with van der Waals surface area (Å²) in [6.45, 7) is 4.92. The van der Waals surface area contributed by atoms with Crippen LogP contribution in [0.1, 0.15) is 26.3 Å². The molecule has 1 rings (SSSR count). The highest BCUT2D eigenvalue weighted by molar-refractivity contribution is 6.47. The first-order chi connectivity index (χ1) is 8.00. The Hall–Kier alpha value is -1.52. The van der Waals surface area contributed by atoms with Gasteiger partial charge >= 0.3 is 0 Å². The number of nitrogens with zero attached hydrogens (tertiary/aromatic N) is 2. The third-order valence-corrected chi connectivity index (χ3v) is 2.09. The number of aliphatic hydroxyl groups is 2. The molecule has 0 amide bonds. The second kappa shape index (κ2) is 6.27. The third kappa shape index (κ3) is 4.46. The molecule has 1 aromatic rings. The van der Waals surface area contributed by atoms with Crippen molar-refractivity contribution >= 4 is 11.4 Å². The van der Waals surface area contributed by atoms with E-state index in [9.17, 15) is 10.2 Å². The third-order valence-electron chi connectivity index (χ3n) is 2.09. The topological polar surface area (TPSA) is 65.2 Å². The molecule has 4 nitrogen and oxygen atoms in total. The summed E-state index contributed by atoms with van der Waals surface area (Å²) in [5.74, 6) is 0. The Balaban J connectivity index is 3.15. The van der Waals surface area contributed by atoms with E-state index in [1.807, 2.05) is 30.3 Å². The van der Waals surface area contributed by atoms with Crippen molar-refractivity contribution in [2.75, 3.05) is 0 Å². The number of rotatable bonds is 4. The zero-order valence-corrected chi connectivity index (χ0v) is 10.3. The van der Waals surface area contributed by atoms with Gasteiger partial charge in [0.25, 0.3) is 0 Å². The molecule has 0 aromatic heterocycles. The normalized spacial score (nSPS) is 16.8. The van der Waals surface area contributed by atoms with Crippen LogP contribution in [0.2, 0.25) is 0 Å². The van der Waals surface area contributed by atoms with Crippen LogP contribution < -0.4 is 0 Å². The Labute approximate surface area is 101 Å². The van der Waals surface area contributed by atoms with Gasteiger partial charge in [0.1, 0.15) is 12.5 Å². The van der Waals surface area contributed by atoms with Gasteiger partial charge in [-0.2, -0.15) is 0 Å². The molecule has 1 aromatic carbocycles. The van der Waals surface area contributed by atoms with E-state index in [0.29, 0.717) is 11.4 Å². The monoisotopic (exact) mass is 234 g/mol. The second-order valence-corrected chi connectivity index (χ2v) is 3.82. The summed E-state index contributed by atoms with van der Waals surface area (Å²) in [7, 11) is 0. The molecule has 2 unspecified atom stereocenters. The van der Waals surface area contributed by atoms with Crippen LogP contribution in [0, 0.1) is 0 Å². The van der Waals surface area contributed by atoms with Crippen molar-refractivity contribution in [1.82, 2.24) is 0 Å². The summed E-state index contributed by atoms with van der Waals surface area (Å²) in [4.78, 5) is 8.17. The van der Waals surface area contributed by atoms with Gasteiger partial charge < -0.3 is 10.2 Å². The van der Waals surface area contributed by atoms with Gasteiger partial charge in [-0.3, -0.25) is 9.98 Å². The van der Waals surface area contributed by atoms with Crippen molar-refractivity contribution in [3.05, 3.63) is 35.9 Å². The maximum atomic E-state index is 9.36. The molecule has 0 fully saturated rings. The first-order valence-corrected chi connectivity index (χ1v) is 5.55. The number of hydrogen-bond donors (Lipinski definition) is 2. The highest BCUT2D eigenvalue weighted by Crippen LogP contribution is 2.05. The fraction of sp³-hybridized carbons (Fsp3) is 0.385. The number of hydrogen-bond acceptors (Lipinski definition) is 4. The lowest BCUT2D eigenvalue weighted by atomic mass is 10.1. The zero-order chi connectivity index (χ0) is 12.8. The minimum absolute atomic E-state index is 0.599. The van der Waals surface area contributed by atoms with Gasteiger partial charge in [0, 0.05) is 5.56 Å². The number of aliphatic imine (C=N–C) groups is 2. The van der Waals surface area contributed by atoms with Crippen molar-refractivity contribution in [2.24, 2.45) is 9.98 Å². The Morgan fingerprint density at radius 1 is 1.00 bits per heavy atom. The minimum atomic E-state index is -0.802. The van der Waals surface area contributed by atoms with E-state index in [0.717, 1.165) is 5.56 Å². The fourth-order valence-corrected chi connectivity index (χ4v) is 1.50. The summed E-state index contributed by atoms with van der Waals surface area (Å²) < 4.78 is 0. The van der Waals surface area contributed by atoms with Crippen LogP contribution in [0.25, 0.3) is 0 Å². The van der Waals surface area contributed by atoms with Gasteiger partial charge in [0.05, 0.1) is 11.4 Å². The molecule has 0 aliphatic rings. The summed E-state index contributed by atoms with van der Waals surface area (Å²) in [6.07, 6.45) is -1.58. The molecule has 0 aliphatic heterocycles. The Kier molecular flexibility index (Phi) is 5.00. The smallest absolute Gasteiger partial charge is 0.143 e. The van der Waals surface area contributed by atoms with Crippen molar-refractivity contribution in [1.29, 1.82) is 0 Å². The summed E-state index contributed by atoms with van der Waals surface area (Å²) in [5, 5.41) is 18.6. The van der Waals surface area contributed by atoms with E-state index in [1.165, 1.54) is 0 Å². The molecule has 0 radical (unpaired) electrons. The average molecular weight is 234 g/mol. The maximum Gasteiger partial charge on any atom is 0.143 e.